The first-order chi connectivity index (χ1) is 12.5. The Morgan fingerprint density at radius 3 is 2.73 bits per heavy atom. The van der Waals surface area contributed by atoms with Crippen LogP contribution in [0.1, 0.15) is 25.1 Å². The smallest absolute Gasteiger partial charge is 0.248 e. The molecule has 3 rings (SSSR count). The third kappa shape index (κ3) is 3.91. The Balaban J connectivity index is 1.71. The highest BCUT2D eigenvalue weighted by molar-refractivity contribution is 5.85. The van der Waals surface area contributed by atoms with E-state index in [9.17, 15) is 9.59 Å². The molecule has 2 aliphatic rings. The lowest BCUT2D eigenvalue weighted by atomic mass is 9.93. The van der Waals surface area contributed by atoms with Crippen molar-refractivity contribution in [2.75, 3.05) is 40.4 Å². The molecule has 0 bridgehead atoms. The van der Waals surface area contributed by atoms with Crippen LogP contribution >= 0.6 is 0 Å². The number of hydrogen-bond acceptors (Lipinski definition) is 5. The predicted octanol–water partition coefficient (Wildman–Crippen LogP) is -0.00440. The summed E-state index contributed by atoms with van der Waals surface area (Å²) < 4.78 is 6.82. The van der Waals surface area contributed by atoms with Gasteiger partial charge in [0.2, 0.25) is 11.8 Å². The Labute approximate surface area is 154 Å². The summed E-state index contributed by atoms with van der Waals surface area (Å²) in [5.41, 5.74) is 0.237. The summed E-state index contributed by atoms with van der Waals surface area (Å²) >= 11 is 0. The molecule has 1 spiro atoms. The van der Waals surface area contributed by atoms with E-state index in [-0.39, 0.29) is 36.4 Å². The molecule has 1 aromatic rings. The summed E-state index contributed by atoms with van der Waals surface area (Å²) in [7, 11) is 5.06. The topological polar surface area (TPSA) is 79.7 Å². The first kappa shape index (κ1) is 18.8. The quantitative estimate of drug-likeness (QED) is 0.737. The number of methoxy groups -OCH3 is 1. The molecule has 2 amide bonds. The highest BCUT2D eigenvalue weighted by Gasteiger charge is 2.57. The number of rotatable bonds is 7. The van der Waals surface area contributed by atoms with Crippen LogP contribution in [-0.2, 0) is 27.9 Å². The molecule has 1 saturated heterocycles. The third-order valence-electron chi connectivity index (χ3n) is 5.74. The van der Waals surface area contributed by atoms with Crippen molar-refractivity contribution in [2.45, 2.75) is 31.8 Å². The maximum absolute atomic E-state index is 13.0. The molecule has 1 atom stereocenters. The van der Waals surface area contributed by atoms with Gasteiger partial charge in [0.25, 0.3) is 0 Å². The zero-order valence-electron chi connectivity index (χ0n) is 15.9. The Kier molecular flexibility index (Phi) is 5.62. The Bertz CT molecular complexity index is 653. The molecule has 2 fully saturated rings. The average Bonchev–Trinajstić information content (AvgIpc) is 3.13. The largest absolute Gasteiger partial charge is 0.375 e. The van der Waals surface area contributed by atoms with E-state index >= 15 is 0 Å². The number of ether oxygens (including phenoxy) is 1. The highest BCUT2D eigenvalue weighted by Crippen LogP contribution is 2.56. The second-order valence-electron chi connectivity index (χ2n) is 7.49. The van der Waals surface area contributed by atoms with Crippen molar-refractivity contribution in [1.82, 2.24) is 24.7 Å². The van der Waals surface area contributed by atoms with E-state index in [2.05, 4.69) is 10.3 Å². The van der Waals surface area contributed by atoms with Crippen molar-refractivity contribution in [3.63, 3.8) is 0 Å². The predicted molar refractivity (Wildman–Crippen MR) is 96.2 cm³/mol. The van der Waals surface area contributed by atoms with Crippen LogP contribution in [0.3, 0.4) is 0 Å². The normalized spacial score (nSPS) is 20.8. The van der Waals surface area contributed by atoms with Gasteiger partial charge in [0.15, 0.2) is 0 Å². The van der Waals surface area contributed by atoms with Crippen molar-refractivity contribution in [3.8, 4) is 0 Å². The Hall–Kier alpha value is -1.93. The molecule has 1 aromatic heterocycles. The highest BCUT2D eigenvalue weighted by atomic mass is 16.5. The Morgan fingerprint density at radius 1 is 1.38 bits per heavy atom. The van der Waals surface area contributed by atoms with E-state index in [1.807, 2.05) is 22.7 Å². The van der Waals surface area contributed by atoms with Gasteiger partial charge in [0, 0.05) is 39.6 Å². The monoisotopic (exact) mass is 363 g/mol. The van der Waals surface area contributed by atoms with Gasteiger partial charge in [0.05, 0.1) is 13.1 Å². The number of hydrogen-bond donors (Lipinski definition) is 1. The van der Waals surface area contributed by atoms with Crippen molar-refractivity contribution < 1.29 is 14.3 Å². The standard InChI is InChI=1S/C18H29N5O3/c1-21-9-8-20-15(21)11-23(14-10-18(14)4-6-19-7-5-18)16(24)12-22(2)17(25)13-26-3/h8-9,14,19H,4-7,10-13H2,1-3H3. The number of nitrogens with zero attached hydrogens (tertiary/aromatic N) is 4. The third-order valence-corrected chi connectivity index (χ3v) is 5.74. The van der Waals surface area contributed by atoms with Gasteiger partial charge in [-0.15, -0.1) is 0 Å². The van der Waals surface area contributed by atoms with Crippen LogP contribution in [0, 0.1) is 5.41 Å². The number of aryl methyl sites for hydroxylation is 1. The maximum atomic E-state index is 13.0. The first-order valence-electron chi connectivity index (χ1n) is 9.16. The summed E-state index contributed by atoms with van der Waals surface area (Å²) in [5, 5.41) is 3.40. The Morgan fingerprint density at radius 2 is 2.12 bits per heavy atom. The molecule has 1 aliphatic heterocycles. The SMILES string of the molecule is COCC(=O)N(C)CC(=O)N(Cc1nccn1C)C1CC12CCNCC2. The van der Waals surface area contributed by atoms with Crippen molar-refractivity contribution in [1.29, 1.82) is 0 Å². The molecule has 144 valence electrons. The molecule has 8 nitrogen and oxygen atoms in total. The van der Waals surface area contributed by atoms with Gasteiger partial charge in [-0.2, -0.15) is 0 Å². The second kappa shape index (κ2) is 7.75. The molecule has 1 aliphatic carbocycles. The minimum Gasteiger partial charge on any atom is -0.375 e. The lowest BCUT2D eigenvalue weighted by molar-refractivity contribution is -0.142. The summed E-state index contributed by atoms with van der Waals surface area (Å²) in [6.07, 6.45) is 6.88. The molecule has 0 aromatic carbocycles. The number of likely N-dealkylation sites (N-methyl/N-ethyl adjacent to an activating group) is 1. The minimum absolute atomic E-state index is 0.0117. The lowest BCUT2D eigenvalue weighted by Crippen LogP contribution is -2.45. The van der Waals surface area contributed by atoms with Crippen LogP contribution < -0.4 is 5.32 Å². The zero-order valence-corrected chi connectivity index (χ0v) is 15.9. The van der Waals surface area contributed by atoms with Crippen LogP contribution in [0.4, 0.5) is 0 Å². The molecule has 8 heteroatoms. The number of carbonyl (C=O) groups excluding carboxylic acids is 2. The molecule has 1 unspecified atom stereocenters. The van der Waals surface area contributed by atoms with Crippen LogP contribution in [-0.4, -0.2) is 77.6 Å². The number of imidazole rings is 1. The molecule has 1 saturated carbocycles. The number of nitrogens with one attached hydrogen (secondary N) is 1. The van der Waals surface area contributed by atoms with E-state index in [0.29, 0.717) is 6.54 Å². The van der Waals surface area contributed by atoms with E-state index in [1.54, 1.807) is 13.2 Å². The number of carbonyl (C=O) groups is 2. The first-order valence-corrected chi connectivity index (χ1v) is 9.16. The lowest BCUT2D eigenvalue weighted by Gasteiger charge is -2.30. The van der Waals surface area contributed by atoms with Gasteiger partial charge in [-0.1, -0.05) is 0 Å². The van der Waals surface area contributed by atoms with Crippen LogP contribution in [0.15, 0.2) is 12.4 Å². The van der Waals surface area contributed by atoms with Crippen molar-refractivity contribution in [2.24, 2.45) is 12.5 Å². The molecule has 1 N–H and O–H groups in total. The fourth-order valence-corrected chi connectivity index (χ4v) is 3.92. The summed E-state index contributed by atoms with van der Waals surface area (Å²) in [4.78, 5) is 32.8. The van der Waals surface area contributed by atoms with Gasteiger partial charge in [0.1, 0.15) is 12.4 Å². The van der Waals surface area contributed by atoms with Gasteiger partial charge < -0.3 is 24.4 Å². The number of piperidine rings is 1. The van der Waals surface area contributed by atoms with E-state index in [4.69, 9.17) is 4.74 Å². The molecular weight excluding hydrogens is 334 g/mol. The molecule has 0 radical (unpaired) electrons. The van der Waals surface area contributed by atoms with E-state index in [1.165, 1.54) is 12.0 Å². The van der Waals surface area contributed by atoms with E-state index in [0.717, 1.165) is 38.2 Å². The van der Waals surface area contributed by atoms with Gasteiger partial charge in [-0.3, -0.25) is 9.59 Å². The molecule has 2 heterocycles. The average molecular weight is 363 g/mol. The minimum atomic E-state index is -0.190. The fraction of sp³-hybridized carbons (Fsp3) is 0.722. The van der Waals surface area contributed by atoms with Crippen molar-refractivity contribution >= 4 is 11.8 Å². The number of aromatic nitrogens is 2. The molecule has 26 heavy (non-hydrogen) atoms. The molecular formula is C18H29N5O3. The van der Waals surface area contributed by atoms with Gasteiger partial charge >= 0.3 is 0 Å². The summed E-state index contributed by atoms with van der Waals surface area (Å²) in [5.74, 6) is 0.644. The second-order valence-corrected chi connectivity index (χ2v) is 7.49. The van der Waals surface area contributed by atoms with Crippen LogP contribution in [0.25, 0.3) is 0 Å². The van der Waals surface area contributed by atoms with Gasteiger partial charge in [-0.05, 0) is 37.8 Å². The summed E-state index contributed by atoms with van der Waals surface area (Å²) in [6.45, 7) is 2.55. The van der Waals surface area contributed by atoms with Crippen molar-refractivity contribution in [3.05, 3.63) is 18.2 Å². The maximum Gasteiger partial charge on any atom is 0.248 e. The van der Waals surface area contributed by atoms with Crippen LogP contribution in [0.5, 0.6) is 0 Å². The van der Waals surface area contributed by atoms with Gasteiger partial charge in [-0.25, -0.2) is 4.98 Å². The zero-order chi connectivity index (χ0) is 18.7. The fourth-order valence-electron chi connectivity index (χ4n) is 3.92. The summed E-state index contributed by atoms with van der Waals surface area (Å²) in [6, 6.07) is 0.236. The number of amides is 2. The van der Waals surface area contributed by atoms with E-state index < -0.39 is 0 Å². The van der Waals surface area contributed by atoms with Crippen LogP contribution in [0.2, 0.25) is 0 Å².